The quantitative estimate of drug-likeness (QED) is 0.819. The van der Waals surface area contributed by atoms with Gasteiger partial charge >= 0.3 is 0 Å². The molecule has 0 saturated carbocycles. The summed E-state index contributed by atoms with van der Waals surface area (Å²) in [6, 6.07) is 0.288. The minimum absolute atomic E-state index is 0.288. The molecule has 0 aliphatic rings. The average molecular weight is 259 g/mol. The maximum atomic E-state index is 5.74. The Kier molecular flexibility index (Phi) is 4.89. The predicted molar refractivity (Wildman–Crippen MR) is 70.9 cm³/mol. The van der Waals surface area contributed by atoms with Crippen LogP contribution in [-0.4, -0.2) is 27.5 Å². The molecule has 0 saturated heterocycles. The van der Waals surface area contributed by atoms with Gasteiger partial charge in [-0.1, -0.05) is 23.8 Å². The minimum atomic E-state index is 0.288. The van der Waals surface area contributed by atoms with Gasteiger partial charge in [-0.05, 0) is 13.8 Å². The summed E-state index contributed by atoms with van der Waals surface area (Å²) in [6.45, 7) is 4.85. The summed E-state index contributed by atoms with van der Waals surface area (Å²) in [5, 5.41) is 0.529. The highest BCUT2D eigenvalue weighted by Crippen LogP contribution is 2.13. The number of nitrogens with two attached hydrogens (primary N) is 1. The third-order valence-electron chi connectivity index (χ3n) is 2.09. The van der Waals surface area contributed by atoms with Crippen LogP contribution in [0.1, 0.15) is 20.3 Å². The fraction of sp³-hybridized carbons (Fsp3) is 0.500. The van der Waals surface area contributed by atoms with E-state index in [2.05, 4.69) is 23.8 Å². The van der Waals surface area contributed by atoms with Gasteiger partial charge in [0, 0.05) is 19.0 Å². The van der Waals surface area contributed by atoms with Gasteiger partial charge in [-0.15, -0.1) is 0 Å². The Hall–Kier alpha value is -0.940. The van der Waals surface area contributed by atoms with E-state index < -0.39 is 0 Å². The van der Waals surface area contributed by atoms with Gasteiger partial charge in [-0.2, -0.15) is 0 Å². The molecule has 0 aromatic carbocycles. The lowest BCUT2D eigenvalue weighted by molar-refractivity contribution is 0.669. The molecule has 0 aliphatic carbocycles. The van der Waals surface area contributed by atoms with Crippen LogP contribution in [0.4, 0.5) is 5.95 Å². The first-order chi connectivity index (χ1) is 7.50. The topological polar surface area (TPSA) is 55.0 Å². The predicted octanol–water partition coefficient (Wildman–Crippen LogP) is 2.02. The normalized spacial score (nSPS) is 10.5. The maximum Gasteiger partial charge on any atom is 0.225 e. The van der Waals surface area contributed by atoms with Crippen LogP contribution in [0.25, 0.3) is 0 Å². The van der Waals surface area contributed by atoms with Crippen molar-refractivity contribution >= 4 is 34.8 Å². The second kappa shape index (κ2) is 5.96. The summed E-state index contributed by atoms with van der Waals surface area (Å²) in [6.07, 6.45) is 3.82. The van der Waals surface area contributed by atoms with Gasteiger partial charge in [0.1, 0.15) is 0 Å². The first-order valence-electron chi connectivity index (χ1n) is 5.03. The van der Waals surface area contributed by atoms with Gasteiger partial charge < -0.3 is 10.6 Å². The SMILES string of the molecule is CC(C)N(CCC(N)=S)c1ncc(Cl)cn1. The average Bonchev–Trinajstić information content (AvgIpc) is 2.20. The molecular weight excluding hydrogens is 244 g/mol. The summed E-state index contributed by atoms with van der Waals surface area (Å²) in [5.74, 6) is 0.649. The monoisotopic (exact) mass is 258 g/mol. The maximum absolute atomic E-state index is 5.74. The number of anilines is 1. The van der Waals surface area contributed by atoms with Gasteiger partial charge in [0.15, 0.2) is 0 Å². The van der Waals surface area contributed by atoms with Crippen LogP contribution in [0.2, 0.25) is 5.02 Å². The molecule has 6 heteroatoms. The Labute approximate surface area is 106 Å². The third kappa shape index (κ3) is 3.90. The minimum Gasteiger partial charge on any atom is -0.393 e. The van der Waals surface area contributed by atoms with Crippen molar-refractivity contribution in [2.24, 2.45) is 5.73 Å². The summed E-state index contributed by atoms with van der Waals surface area (Å²) in [7, 11) is 0. The Balaban J connectivity index is 2.77. The van der Waals surface area contributed by atoms with Crippen molar-refractivity contribution in [3.63, 3.8) is 0 Å². The van der Waals surface area contributed by atoms with Crippen LogP contribution in [0.15, 0.2) is 12.4 Å². The van der Waals surface area contributed by atoms with Crippen molar-refractivity contribution in [2.45, 2.75) is 26.3 Å². The molecule has 1 rings (SSSR count). The molecule has 1 aromatic heterocycles. The lowest BCUT2D eigenvalue weighted by Crippen LogP contribution is -2.34. The Morgan fingerprint density at radius 3 is 2.50 bits per heavy atom. The molecule has 0 fully saturated rings. The Morgan fingerprint density at radius 1 is 1.50 bits per heavy atom. The zero-order valence-electron chi connectivity index (χ0n) is 9.35. The molecule has 0 aliphatic heterocycles. The van der Waals surface area contributed by atoms with Crippen molar-refractivity contribution < 1.29 is 0 Å². The van der Waals surface area contributed by atoms with Crippen LogP contribution in [-0.2, 0) is 0 Å². The van der Waals surface area contributed by atoms with Crippen molar-refractivity contribution in [3.8, 4) is 0 Å². The molecule has 2 N–H and O–H groups in total. The smallest absolute Gasteiger partial charge is 0.225 e. The van der Waals surface area contributed by atoms with Gasteiger partial charge in [-0.25, -0.2) is 9.97 Å². The standard InChI is InChI=1S/C10H15ClN4S/c1-7(2)15(4-3-9(12)16)10-13-5-8(11)6-14-10/h5-7H,3-4H2,1-2H3,(H2,12,16). The van der Waals surface area contributed by atoms with Crippen molar-refractivity contribution in [2.75, 3.05) is 11.4 Å². The number of thiocarbonyl (C=S) groups is 1. The van der Waals surface area contributed by atoms with Gasteiger partial charge in [0.25, 0.3) is 0 Å². The zero-order chi connectivity index (χ0) is 12.1. The Morgan fingerprint density at radius 2 is 2.06 bits per heavy atom. The highest BCUT2D eigenvalue weighted by atomic mass is 35.5. The van der Waals surface area contributed by atoms with Crippen LogP contribution in [0.5, 0.6) is 0 Å². The summed E-state index contributed by atoms with van der Waals surface area (Å²) < 4.78 is 0. The highest BCUT2D eigenvalue weighted by molar-refractivity contribution is 7.80. The molecule has 4 nitrogen and oxygen atoms in total. The molecule has 1 aromatic rings. The molecule has 16 heavy (non-hydrogen) atoms. The molecular formula is C10H15ClN4S. The number of aromatic nitrogens is 2. The van der Waals surface area contributed by atoms with Crippen LogP contribution < -0.4 is 10.6 Å². The fourth-order valence-corrected chi connectivity index (χ4v) is 1.46. The first-order valence-corrected chi connectivity index (χ1v) is 5.82. The molecule has 1 heterocycles. The van der Waals surface area contributed by atoms with E-state index in [0.717, 1.165) is 0 Å². The van der Waals surface area contributed by atoms with E-state index in [9.17, 15) is 0 Å². The van der Waals surface area contributed by atoms with E-state index in [-0.39, 0.29) is 6.04 Å². The second-order valence-electron chi connectivity index (χ2n) is 3.70. The molecule has 0 atom stereocenters. The largest absolute Gasteiger partial charge is 0.393 e. The number of hydrogen-bond acceptors (Lipinski definition) is 4. The molecule has 0 amide bonds. The van der Waals surface area contributed by atoms with Gasteiger partial charge in [0.05, 0.1) is 22.4 Å². The molecule has 0 bridgehead atoms. The van der Waals surface area contributed by atoms with E-state index in [1.165, 1.54) is 0 Å². The lowest BCUT2D eigenvalue weighted by atomic mass is 10.3. The summed E-state index contributed by atoms with van der Waals surface area (Å²) in [5.41, 5.74) is 5.49. The van der Waals surface area contributed by atoms with Crippen LogP contribution >= 0.6 is 23.8 Å². The van der Waals surface area contributed by atoms with E-state index in [1.807, 2.05) is 4.90 Å². The Bertz CT molecular complexity index is 352. The number of halogens is 1. The molecule has 0 spiro atoms. The lowest BCUT2D eigenvalue weighted by Gasteiger charge is -2.26. The highest BCUT2D eigenvalue weighted by Gasteiger charge is 2.13. The number of hydrogen-bond donors (Lipinski definition) is 1. The van der Waals surface area contributed by atoms with Gasteiger partial charge in [0.2, 0.25) is 5.95 Å². The summed E-state index contributed by atoms with van der Waals surface area (Å²) >= 11 is 10.6. The number of rotatable bonds is 5. The van der Waals surface area contributed by atoms with E-state index in [0.29, 0.717) is 28.9 Å². The van der Waals surface area contributed by atoms with Crippen molar-refractivity contribution in [3.05, 3.63) is 17.4 Å². The molecule has 88 valence electrons. The molecule has 0 radical (unpaired) electrons. The van der Waals surface area contributed by atoms with E-state index in [4.69, 9.17) is 29.6 Å². The van der Waals surface area contributed by atoms with E-state index in [1.54, 1.807) is 12.4 Å². The first kappa shape index (κ1) is 13.1. The van der Waals surface area contributed by atoms with Crippen LogP contribution in [0, 0.1) is 0 Å². The molecule has 0 unspecified atom stereocenters. The van der Waals surface area contributed by atoms with Gasteiger partial charge in [-0.3, -0.25) is 0 Å². The second-order valence-corrected chi connectivity index (χ2v) is 4.67. The third-order valence-corrected chi connectivity index (χ3v) is 2.49. The van der Waals surface area contributed by atoms with Crippen molar-refractivity contribution in [1.82, 2.24) is 9.97 Å². The number of nitrogens with zero attached hydrogens (tertiary/aromatic N) is 3. The van der Waals surface area contributed by atoms with E-state index >= 15 is 0 Å². The van der Waals surface area contributed by atoms with Crippen LogP contribution in [0.3, 0.4) is 0 Å². The fourth-order valence-electron chi connectivity index (χ4n) is 1.27. The zero-order valence-corrected chi connectivity index (χ0v) is 10.9. The summed E-state index contributed by atoms with van der Waals surface area (Å²) in [4.78, 5) is 10.9. The van der Waals surface area contributed by atoms with Crippen molar-refractivity contribution in [1.29, 1.82) is 0 Å².